The Bertz CT molecular complexity index is 593. The summed E-state index contributed by atoms with van der Waals surface area (Å²) in [6.45, 7) is 2.95. The van der Waals surface area contributed by atoms with Gasteiger partial charge in [0.25, 0.3) is 0 Å². The Labute approximate surface area is 130 Å². The van der Waals surface area contributed by atoms with Crippen LogP contribution >= 0.6 is 0 Å². The fourth-order valence-electron chi connectivity index (χ4n) is 1.90. The Balaban J connectivity index is 2.25. The monoisotopic (exact) mass is 331 g/mol. The highest BCUT2D eigenvalue weighted by molar-refractivity contribution is 7.88. The van der Waals surface area contributed by atoms with Gasteiger partial charge in [0.15, 0.2) is 0 Å². The third-order valence-corrected chi connectivity index (χ3v) is 4.47. The zero-order valence-corrected chi connectivity index (χ0v) is 13.6. The third-order valence-electron chi connectivity index (χ3n) is 3.09. The average molecular weight is 331 g/mol. The molecule has 0 saturated carbocycles. The van der Waals surface area contributed by atoms with E-state index in [1.165, 1.54) is 10.4 Å². The molecule has 8 heteroatoms. The van der Waals surface area contributed by atoms with Crippen LogP contribution in [-0.4, -0.2) is 44.6 Å². The van der Waals surface area contributed by atoms with E-state index in [1.807, 2.05) is 0 Å². The molecule has 0 saturated heterocycles. The maximum Gasteiger partial charge on any atom is 0.315 e. The van der Waals surface area contributed by atoms with Crippen molar-refractivity contribution in [3.8, 4) is 0 Å². The second kappa shape index (κ2) is 8.70. The van der Waals surface area contributed by atoms with Gasteiger partial charge in [-0.2, -0.15) is 0 Å². The molecule has 6 nitrogen and oxygen atoms in total. The number of nitrogens with zero attached hydrogens (tertiary/aromatic N) is 1. The minimum absolute atomic E-state index is 0.100. The van der Waals surface area contributed by atoms with Crippen LogP contribution in [0.15, 0.2) is 24.3 Å². The number of rotatable bonds is 8. The van der Waals surface area contributed by atoms with Crippen LogP contribution in [0.25, 0.3) is 0 Å². The van der Waals surface area contributed by atoms with Crippen molar-refractivity contribution in [3.63, 3.8) is 0 Å². The predicted octanol–water partition coefficient (Wildman–Crippen LogP) is 1.30. The Hall–Kier alpha value is -1.67. The van der Waals surface area contributed by atoms with Crippen LogP contribution in [0.4, 0.5) is 9.18 Å². The Kier molecular flexibility index (Phi) is 7.26. The summed E-state index contributed by atoms with van der Waals surface area (Å²) >= 11 is 0. The summed E-state index contributed by atoms with van der Waals surface area (Å²) in [7, 11) is -3.20. The van der Waals surface area contributed by atoms with Gasteiger partial charge in [-0.1, -0.05) is 25.1 Å². The first-order valence-corrected chi connectivity index (χ1v) is 8.89. The number of carbonyl (C=O) groups excluding carboxylic acids is 1. The highest BCUT2D eigenvalue weighted by atomic mass is 32.2. The number of urea groups is 1. The summed E-state index contributed by atoms with van der Waals surface area (Å²) in [5, 5.41) is 5.16. The summed E-state index contributed by atoms with van der Waals surface area (Å²) in [6.07, 6.45) is 1.67. The lowest BCUT2D eigenvalue weighted by Gasteiger charge is -2.17. The number of sulfonamides is 1. The summed E-state index contributed by atoms with van der Waals surface area (Å²) in [5.41, 5.74) is 0.409. The second-order valence-electron chi connectivity index (χ2n) is 4.81. The topological polar surface area (TPSA) is 78.5 Å². The zero-order valence-electron chi connectivity index (χ0n) is 12.8. The maximum atomic E-state index is 13.4. The summed E-state index contributed by atoms with van der Waals surface area (Å²) in [5.74, 6) is -0.366. The van der Waals surface area contributed by atoms with Crippen LogP contribution in [0.2, 0.25) is 0 Å². The van der Waals surface area contributed by atoms with Crippen LogP contribution in [-0.2, 0) is 16.6 Å². The van der Waals surface area contributed by atoms with Crippen molar-refractivity contribution < 1.29 is 17.6 Å². The molecule has 0 fully saturated rings. The van der Waals surface area contributed by atoms with Gasteiger partial charge in [-0.15, -0.1) is 0 Å². The summed E-state index contributed by atoms with van der Waals surface area (Å²) in [4.78, 5) is 11.6. The molecule has 0 atom stereocenters. The van der Waals surface area contributed by atoms with Crippen molar-refractivity contribution in [2.75, 3.05) is 25.9 Å². The lowest BCUT2D eigenvalue weighted by Crippen LogP contribution is -2.37. The first-order chi connectivity index (χ1) is 10.3. The Morgan fingerprint density at radius 1 is 1.27 bits per heavy atom. The van der Waals surface area contributed by atoms with Gasteiger partial charge in [0.2, 0.25) is 10.0 Å². The van der Waals surface area contributed by atoms with Gasteiger partial charge in [0.1, 0.15) is 5.82 Å². The van der Waals surface area contributed by atoms with Crippen LogP contribution < -0.4 is 10.6 Å². The molecule has 0 aromatic heterocycles. The van der Waals surface area contributed by atoms with Crippen molar-refractivity contribution in [3.05, 3.63) is 35.6 Å². The van der Waals surface area contributed by atoms with E-state index in [0.29, 0.717) is 31.6 Å². The number of amides is 2. The molecular formula is C14H22FN3O3S. The van der Waals surface area contributed by atoms with Crippen molar-refractivity contribution in [1.82, 2.24) is 14.9 Å². The number of carbonyl (C=O) groups is 1. The van der Waals surface area contributed by atoms with E-state index >= 15 is 0 Å². The first-order valence-electron chi connectivity index (χ1n) is 7.04. The minimum atomic E-state index is -3.20. The van der Waals surface area contributed by atoms with E-state index in [0.717, 1.165) is 6.26 Å². The molecule has 2 N–H and O–H groups in total. The fourth-order valence-corrected chi connectivity index (χ4v) is 2.83. The number of halogens is 1. The number of nitrogens with one attached hydrogen (secondary N) is 2. The van der Waals surface area contributed by atoms with Gasteiger partial charge in [-0.3, -0.25) is 0 Å². The van der Waals surface area contributed by atoms with Crippen LogP contribution in [0.3, 0.4) is 0 Å². The molecular weight excluding hydrogens is 309 g/mol. The van der Waals surface area contributed by atoms with Gasteiger partial charge in [0, 0.05) is 31.7 Å². The molecule has 0 spiro atoms. The van der Waals surface area contributed by atoms with E-state index < -0.39 is 16.1 Å². The molecule has 0 bridgehead atoms. The van der Waals surface area contributed by atoms with Gasteiger partial charge in [0.05, 0.1) is 6.26 Å². The molecule has 22 heavy (non-hydrogen) atoms. The van der Waals surface area contributed by atoms with Crippen molar-refractivity contribution >= 4 is 16.1 Å². The van der Waals surface area contributed by atoms with Crippen LogP contribution in [0, 0.1) is 5.82 Å². The van der Waals surface area contributed by atoms with E-state index in [9.17, 15) is 17.6 Å². The Morgan fingerprint density at radius 2 is 1.95 bits per heavy atom. The normalized spacial score (nSPS) is 11.5. The highest BCUT2D eigenvalue weighted by Crippen LogP contribution is 2.05. The largest absolute Gasteiger partial charge is 0.338 e. The summed E-state index contributed by atoms with van der Waals surface area (Å²) in [6, 6.07) is 5.80. The molecule has 0 aliphatic carbocycles. The van der Waals surface area contributed by atoms with E-state index in [-0.39, 0.29) is 12.4 Å². The molecule has 1 rings (SSSR count). The molecule has 0 aliphatic rings. The van der Waals surface area contributed by atoms with E-state index in [1.54, 1.807) is 25.1 Å². The van der Waals surface area contributed by atoms with Crippen molar-refractivity contribution in [1.29, 1.82) is 0 Å². The molecule has 0 aliphatic heterocycles. The molecule has 0 radical (unpaired) electrons. The lowest BCUT2D eigenvalue weighted by molar-refractivity contribution is 0.240. The van der Waals surface area contributed by atoms with E-state index in [2.05, 4.69) is 10.6 Å². The van der Waals surface area contributed by atoms with Crippen molar-refractivity contribution in [2.45, 2.75) is 19.9 Å². The number of hydrogen-bond donors (Lipinski definition) is 2. The SMILES string of the molecule is CCN(CCCNC(=O)NCc1ccccc1F)S(C)(=O)=O. The summed E-state index contributed by atoms with van der Waals surface area (Å²) < 4.78 is 37.4. The van der Waals surface area contributed by atoms with Gasteiger partial charge >= 0.3 is 6.03 Å². The van der Waals surface area contributed by atoms with Gasteiger partial charge in [-0.25, -0.2) is 21.9 Å². The molecule has 2 amide bonds. The molecule has 0 heterocycles. The molecule has 124 valence electrons. The highest BCUT2D eigenvalue weighted by Gasteiger charge is 2.13. The van der Waals surface area contributed by atoms with Crippen LogP contribution in [0.5, 0.6) is 0 Å². The fraction of sp³-hybridized carbons (Fsp3) is 0.500. The van der Waals surface area contributed by atoms with Crippen molar-refractivity contribution in [2.24, 2.45) is 0 Å². The van der Waals surface area contributed by atoms with Crippen LogP contribution in [0.1, 0.15) is 18.9 Å². The number of benzene rings is 1. The minimum Gasteiger partial charge on any atom is -0.338 e. The quantitative estimate of drug-likeness (QED) is 0.705. The average Bonchev–Trinajstić information content (AvgIpc) is 2.45. The molecule has 0 unspecified atom stereocenters. The first kappa shape index (κ1) is 18.4. The zero-order chi connectivity index (χ0) is 16.6. The Morgan fingerprint density at radius 3 is 2.55 bits per heavy atom. The van der Waals surface area contributed by atoms with Gasteiger partial charge in [-0.05, 0) is 12.5 Å². The predicted molar refractivity (Wildman–Crippen MR) is 83.3 cm³/mol. The molecule has 1 aromatic carbocycles. The second-order valence-corrected chi connectivity index (χ2v) is 6.79. The third kappa shape index (κ3) is 6.40. The molecule has 1 aromatic rings. The smallest absolute Gasteiger partial charge is 0.315 e. The van der Waals surface area contributed by atoms with Gasteiger partial charge < -0.3 is 10.6 Å². The van der Waals surface area contributed by atoms with E-state index in [4.69, 9.17) is 0 Å². The standard InChI is InChI=1S/C14H22FN3O3S/c1-3-18(22(2,20)21)10-6-9-16-14(19)17-11-12-7-4-5-8-13(12)15/h4-5,7-8H,3,6,9-11H2,1-2H3,(H2,16,17,19). The number of hydrogen-bond acceptors (Lipinski definition) is 3. The lowest BCUT2D eigenvalue weighted by atomic mass is 10.2. The maximum absolute atomic E-state index is 13.4.